The normalized spacial score (nSPS) is 11.8. The van der Waals surface area contributed by atoms with E-state index in [1.54, 1.807) is 14.0 Å². The molecule has 5 nitrogen and oxygen atoms in total. The zero-order valence-electron chi connectivity index (χ0n) is 12.0. The van der Waals surface area contributed by atoms with Gasteiger partial charge in [-0.25, -0.2) is 4.39 Å². The van der Waals surface area contributed by atoms with Crippen molar-refractivity contribution >= 4 is 23.1 Å². The molecule has 0 bridgehead atoms. The highest BCUT2D eigenvalue weighted by Crippen LogP contribution is 2.22. The fourth-order valence-corrected chi connectivity index (χ4v) is 1.86. The molecule has 0 saturated carbocycles. The Morgan fingerprint density at radius 3 is 2.86 bits per heavy atom. The van der Waals surface area contributed by atoms with Gasteiger partial charge in [-0.3, -0.25) is 4.79 Å². The van der Waals surface area contributed by atoms with Gasteiger partial charge in [0.05, 0.1) is 5.56 Å². The van der Waals surface area contributed by atoms with Crippen molar-refractivity contribution in [2.75, 3.05) is 20.3 Å². The number of carbonyl (C=O) groups excluding carboxylic acids is 1. The van der Waals surface area contributed by atoms with Gasteiger partial charge in [-0.15, -0.1) is 0 Å². The van der Waals surface area contributed by atoms with Crippen LogP contribution >= 0.6 is 12.2 Å². The number of carbonyl (C=O) groups is 1. The van der Waals surface area contributed by atoms with Crippen molar-refractivity contribution in [3.05, 3.63) is 29.6 Å². The molecule has 0 aromatic heterocycles. The van der Waals surface area contributed by atoms with Gasteiger partial charge in [0.25, 0.3) is 5.91 Å². The molecule has 0 spiro atoms. The van der Waals surface area contributed by atoms with E-state index in [4.69, 9.17) is 27.4 Å². The quantitative estimate of drug-likeness (QED) is 0.560. The van der Waals surface area contributed by atoms with Crippen LogP contribution in [0, 0.1) is 5.82 Å². The zero-order chi connectivity index (χ0) is 15.8. The summed E-state index contributed by atoms with van der Waals surface area (Å²) < 4.78 is 24.0. The molecule has 21 heavy (non-hydrogen) atoms. The van der Waals surface area contributed by atoms with Crippen LogP contribution in [0.15, 0.2) is 18.2 Å². The number of methoxy groups -OCH3 is 1. The van der Waals surface area contributed by atoms with Crippen LogP contribution < -0.4 is 15.8 Å². The maximum atomic E-state index is 13.7. The molecular weight excluding hydrogens is 295 g/mol. The van der Waals surface area contributed by atoms with E-state index in [0.717, 1.165) is 0 Å². The highest BCUT2D eigenvalue weighted by Gasteiger charge is 2.18. The summed E-state index contributed by atoms with van der Waals surface area (Å²) in [7, 11) is 1.59. The number of nitrogens with two attached hydrogens (primary N) is 1. The van der Waals surface area contributed by atoms with E-state index in [2.05, 4.69) is 5.32 Å². The van der Waals surface area contributed by atoms with E-state index >= 15 is 0 Å². The predicted molar refractivity (Wildman–Crippen MR) is 81.9 cm³/mol. The van der Waals surface area contributed by atoms with Crippen LogP contribution in [0.4, 0.5) is 4.39 Å². The number of rotatable bonds is 8. The Morgan fingerprint density at radius 2 is 2.24 bits per heavy atom. The summed E-state index contributed by atoms with van der Waals surface area (Å²) in [5.74, 6) is -0.723. The molecule has 0 fully saturated rings. The highest BCUT2D eigenvalue weighted by molar-refractivity contribution is 7.80. The van der Waals surface area contributed by atoms with Crippen LogP contribution in [0.2, 0.25) is 0 Å². The van der Waals surface area contributed by atoms with E-state index in [1.165, 1.54) is 18.2 Å². The van der Waals surface area contributed by atoms with E-state index < -0.39 is 11.9 Å². The molecule has 0 aliphatic heterocycles. The first-order chi connectivity index (χ1) is 9.97. The van der Waals surface area contributed by atoms with Crippen LogP contribution in [0.1, 0.15) is 18.9 Å². The lowest BCUT2D eigenvalue weighted by Crippen LogP contribution is -2.37. The summed E-state index contributed by atoms with van der Waals surface area (Å²) in [5, 5.41) is 2.70. The third-order valence-corrected chi connectivity index (χ3v) is 2.92. The van der Waals surface area contributed by atoms with Gasteiger partial charge in [-0.2, -0.15) is 0 Å². The third-order valence-electron chi connectivity index (χ3n) is 2.72. The second-order valence-corrected chi connectivity index (χ2v) is 4.81. The van der Waals surface area contributed by atoms with Crippen LogP contribution in [-0.2, 0) is 9.53 Å². The summed E-state index contributed by atoms with van der Waals surface area (Å²) in [6.45, 7) is 2.61. The highest BCUT2D eigenvalue weighted by atomic mass is 32.1. The number of amides is 1. The Morgan fingerprint density at radius 1 is 1.52 bits per heavy atom. The van der Waals surface area contributed by atoms with Crippen molar-refractivity contribution in [1.82, 2.24) is 5.32 Å². The van der Waals surface area contributed by atoms with Gasteiger partial charge in [0, 0.05) is 20.3 Å². The van der Waals surface area contributed by atoms with Crippen molar-refractivity contribution in [2.24, 2.45) is 5.73 Å². The van der Waals surface area contributed by atoms with Crippen molar-refractivity contribution in [3.8, 4) is 5.75 Å². The number of thiocarbonyl (C=S) groups is 1. The fraction of sp³-hybridized carbons (Fsp3) is 0.429. The lowest BCUT2D eigenvalue weighted by atomic mass is 10.2. The van der Waals surface area contributed by atoms with E-state index in [9.17, 15) is 9.18 Å². The van der Waals surface area contributed by atoms with Gasteiger partial charge >= 0.3 is 0 Å². The van der Waals surface area contributed by atoms with Gasteiger partial charge < -0.3 is 20.5 Å². The first kappa shape index (κ1) is 17.3. The number of benzene rings is 1. The maximum Gasteiger partial charge on any atom is 0.260 e. The molecule has 0 radical (unpaired) electrons. The molecule has 7 heteroatoms. The SMILES string of the molecule is COCCCNC(=O)C(C)Oc1cccc(F)c1C(N)=S. The molecule has 116 valence electrons. The predicted octanol–water partition coefficient (Wildman–Crippen LogP) is 1.38. The maximum absolute atomic E-state index is 13.7. The van der Waals surface area contributed by atoms with E-state index in [1.807, 2.05) is 0 Å². The van der Waals surface area contributed by atoms with Gasteiger partial charge in [-0.05, 0) is 25.5 Å². The van der Waals surface area contributed by atoms with Crippen LogP contribution in [0.3, 0.4) is 0 Å². The number of halogens is 1. The second-order valence-electron chi connectivity index (χ2n) is 4.37. The molecule has 1 aromatic rings. The average Bonchev–Trinajstić information content (AvgIpc) is 2.43. The molecule has 1 unspecified atom stereocenters. The number of nitrogens with one attached hydrogen (secondary N) is 1. The molecule has 1 atom stereocenters. The fourth-order valence-electron chi connectivity index (χ4n) is 1.66. The molecule has 0 aliphatic rings. The van der Waals surface area contributed by atoms with Crippen LogP contribution in [-0.4, -0.2) is 37.3 Å². The largest absolute Gasteiger partial charge is 0.480 e. The average molecular weight is 314 g/mol. The molecular formula is C14H19FN2O3S. The summed E-state index contributed by atoms with van der Waals surface area (Å²) in [4.78, 5) is 11.7. The Bertz CT molecular complexity index is 511. The summed E-state index contributed by atoms with van der Waals surface area (Å²) in [5.41, 5.74) is 5.48. The smallest absolute Gasteiger partial charge is 0.260 e. The molecule has 1 aromatic carbocycles. The van der Waals surface area contributed by atoms with Crippen molar-refractivity contribution < 1.29 is 18.7 Å². The van der Waals surface area contributed by atoms with Crippen LogP contribution in [0.25, 0.3) is 0 Å². The lowest BCUT2D eigenvalue weighted by molar-refractivity contribution is -0.127. The Kier molecular flexibility index (Phi) is 7.04. The zero-order valence-corrected chi connectivity index (χ0v) is 12.8. The van der Waals surface area contributed by atoms with E-state index in [-0.39, 0.29) is 22.2 Å². The second kappa shape index (κ2) is 8.53. The molecule has 1 rings (SSSR count). The Balaban J connectivity index is 2.66. The molecule has 0 saturated heterocycles. The first-order valence-electron chi connectivity index (χ1n) is 6.49. The van der Waals surface area contributed by atoms with Gasteiger partial charge in [0.15, 0.2) is 6.10 Å². The minimum Gasteiger partial charge on any atom is -0.480 e. The Hall–Kier alpha value is -1.73. The standard InChI is InChI=1S/C14H19FN2O3S/c1-9(14(18)17-7-4-8-19-2)20-11-6-3-5-10(15)12(11)13(16)21/h3,5-6,9H,4,7-8H2,1-2H3,(H2,16,21)(H,17,18). The number of hydrogen-bond donors (Lipinski definition) is 2. The lowest BCUT2D eigenvalue weighted by Gasteiger charge is -2.17. The molecule has 0 aliphatic carbocycles. The molecule has 1 amide bonds. The summed E-state index contributed by atoms with van der Waals surface area (Å²) >= 11 is 4.80. The topological polar surface area (TPSA) is 73.6 Å². The summed E-state index contributed by atoms with van der Waals surface area (Å²) in [6, 6.07) is 4.22. The molecule has 3 N–H and O–H groups in total. The van der Waals surface area contributed by atoms with Gasteiger partial charge in [-0.1, -0.05) is 18.3 Å². The van der Waals surface area contributed by atoms with E-state index in [0.29, 0.717) is 19.6 Å². The number of hydrogen-bond acceptors (Lipinski definition) is 4. The monoisotopic (exact) mass is 314 g/mol. The van der Waals surface area contributed by atoms with Crippen molar-refractivity contribution in [3.63, 3.8) is 0 Å². The van der Waals surface area contributed by atoms with Gasteiger partial charge in [0.2, 0.25) is 0 Å². The van der Waals surface area contributed by atoms with Crippen molar-refractivity contribution in [2.45, 2.75) is 19.4 Å². The van der Waals surface area contributed by atoms with Gasteiger partial charge in [0.1, 0.15) is 16.6 Å². The minimum atomic E-state index is -0.789. The minimum absolute atomic E-state index is 0.00605. The third kappa shape index (κ3) is 5.28. The number of ether oxygens (including phenoxy) is 2. The summed E-state index contributed by atoms with van der Waals surface area (Å²) in [6.07, 6.45) is -0.0880. The first-order valence-corrected chi connectivity index (χ1v) is 6.89. The van der Waals surface area contributed by atoms with Crippen molar-refractivity contribution in [1.29, 1.82) is 0 Å². The Labute approximate surface area is 128 Å². The van der Waals surface area contributed by atoms with Crippen LogP contribution in [0.5, 0.6) is 5.75 Å². The molecule has 0 heterocycles.